The lowest BCUT2D eigenvalue weighted by molar-refractivity contribution is 0.290. The Hall–Kier alpha value is -2.15. The van der Waals surface area contributed by atoms with Gasteiger partial charge in [-0.05, 0) is 30.3 Å². The fourth-order valence-corrected chi connectivity index (χ4v) is 2.06. The molecule has 21 heavy (non-hydrogen) atoms. The predicted octanol–water partition coefficient (Wildman–Crippen LogP) is 3.40. The third-order valence-corrected chi connectivity index (χ3v) is 3.25. The Morgan fingerprint density at radius 2 is 1.90 bits per heavy atom. The lowest BCUT2D eigenvalue weighted by atomic mass is 10.2. The second kappa shape index (κ2) is 6.53. The van der Waals surface area contributed by atoms with Crippen molar-refractivity contribution in [2.45, 2.75) is 6.61 Å². The van der Waals surface area contributed by atoms with Gasteiger partial charge in [-0.3, -0.25) is 0 Å². The molecule has 0 bridgehead atoms. The molecule has 2 rings (SSSR count). The van der Waals surface area contributed by atoms with Gasteiger partial charge in [-0.25, -0.2) is 8.78 Å². The summed E-state index contributed by atoms with van der Waals surface area (Å²) < 4.78 is 33.1. The molecule has 4 nitrogen and oxygen atoms in total. The summed E-state index contributed by atoms with van der Waals surface area (Å²) in [6.07, 6.45) is 0. The minimum absolute atomic E-state index is 0.166. The van der Waals surface area contributed by atoms with Crippen LogP contribution < -0.4 is 10.5 Å². The summed E-state index contributed by atoms with van der Waals surface area (Å²) in [5.41, 5.74) is 5.66. The molecule has 2 aromatic carbocycles. The highest BCUT2D eigenvalue weighted by molar-refractivity contribution is 9.10. The molecule has 7 heteroatoms. The van der Waals surface area contributed by atoms with Crippen LogP contribution in [-0.4, -0.2) is 11.0 Å². The topological polar surface area (TPSA) is 67.8 Å². The van der Waals surface area contributed by atoms with Gasteiger partial charge in [-0.15, -0.1) is 0 Å². The SMILES string of the molecule is N/C(=N/O)c1cc(Br)ccc1OCc1c(F)cccc1F. The van der Waals surface area contributed by atoms with E-state index in [9.17, 15) is 8.78 Å². The molecule has 0 unspecified atom stereocenters. The highest BCUT2D eigenvalue weighted by atomic mass is 79.9. The summed E-state index contributed by atoms with van der Waals surface area (Å²) in [6.45, 7) is -0.314. The van der Waals surface area contributed by atoms with Gasteiger partial charge in [0, 0.05) is 4.47 Å². The van der Waals surface area contributed by atoms with Crippen LogP contribution in [0.15, 0.2) is 46.0 Å². The Morgan fingerprint density at radius 3 is 2.52 bits per heavy atom. The standard InChI is InChI=1S/C14H11BrF2N2O2/c15-8-4-5-13(9(6-8)14(18)19-20)21-7-10-11(16)2-1-3-12(10)17/h1-6,20H,7H2,(H2,18,19). The Balaban J connectivity index is 2.28. The number of rotatable bonds is 4. The van der Waals surface area contributed by atoms with Crippen molar-refractivity contribution >= 4 is 21.8 Å². The molecule has 0 atom stereocenters. The summed E-state index contributed by atoms with van der Waals surface area (Å²) in [5.74, 6) is -1.31. The summed E-state index contributed by atoms with van der Waals surface area (Å²) >= 11 is 3.25. The van der Waals surface area contributed by atoms with Crippen LogP contribution >= 0.6 is 15.9 Å². The van der Waals surface area contributed by atoms with Crippen LogP contribution in [0.4, 0.5) is 8.78 Å². The fourth-order valence-electron chi connectivity index (χ4n) is 1.70. The first-order chi connectivity index (χ1) is 10.0. The van der Waals surface area contributed by atoms with Gasteiger partial charge in [0.05, 0.1) is 11.1 Å². The van der Waals surface area contributed by atoms with Gasteiger partial charge in [0.15, 0.2) is 5.84 Å². The summed E-state index contributed by atoms with van der Waals surface area (Å²) in [4.78, 5) is 0. The van der Waals surface area contributed by atoms with E-state index in [1.165, 1.54) is 6.07 Å². The van der Waals surface area contributed by atoms with Gasteiger partial charge in [-0.1, -0.05) is 27.2 Å². The van der Waals surface area contributed by atoms with E-state index in [0.29, 0.717) is 10.0 Å². The van der Waals surface area contributed by atoms with Crippen molar-refractivity contribution in [2.24, 2.45) is 10.9 Å². The molecular weight excluding hydrogens is 346 g/mol. The molecule has 0 saturated carbocycles. The van der Waals surface area contributed by atoms with E-state index in [1.807, 2.05) is 0 Å². The monoisotopic (exact) mass is 356 g/mol. The van der Waals surface area contributed by atoms with Crippen LogP contribution in [0.3, 0.4) is 0 Å². The van der Waals surface area contributed by atoms with Gasteiger partial charge in [-0.2, -0.15) is 0 Å². The predicted molar refractivity (Wildman–Crippen MR) is 77.3 cm³/mol. The first-order valence-electron chi connectivity index (χ1n) is 5.86. The number of ether oxygens (including phenoxy) is 1. The first-order valence-corrected chi connectivity index (χ1v) is 6.65. The lowest BCUT2D eigenvalue weighted by Crippen LogP contribution is -2.15. The number of benzene rings is 2. The van der Waals surface area contributed by atoms with E-state index in [-0.39, 0.29) is 23.8 Å². The summed E-state index contributed by atoms with van der Waals surface area (Å²) in [5, 5.41) is 11.6. The molecular formula is C14H11BrF2N2O2. The Morgan fingerprint density at radius 1 is 1.24 bits per heavy atom. The largest absolute Gasteiger partial charge is 0.488 e. The van der Waals surface area contributed by atoms with E-state index >= 15 is 0 Å². The van der Waals surface area contributed by atoms with Crippen LogP contribution in [0.5, 0.6) is 5.75 Å². The van der Waals surface area contributed by atoms with Crippen LogP contribution in [0, 0.1) is 11.6 Å². The molecule has 0 aliphatic rings. The van der Waals surface area contributed by atoms with Crippen LogP contribution in [0.1, 0.15) is 11.1 Å². The van der Waals surface area contributed by atoms with Gasteiger partial charge in [0.25, 0.3) is 0 Å². The number of nitrogens with two attached hydrogens (primary N) is 1. The molecule has 0 fully saturated rings. The molecule has 2 aromatic rings. The van der Waals surface area contributed by atoms with Crippen molar-refractivity contribution in [1.82, 2.24) is 0 Å². The van der Waals surface area contributed by atoms with E-state index < -0.39 is 11.6 Å². The third kappa shape index (κ3) is 3.49. The van der Waals surface area contributed by atoms with Gasteiger partial charge >= 0.3 is 0 Å². The molecule has 110 valence electrons. The highest BCUT2D eigenvalue weighted by Gasteiger charge is 2.13. The number of oxime groups is 1. The van der Waals surface area contributed by atoms with Crippen molar-refractivity contribution in [2.75, 3.05) is 0 Å². The van der Waals surface area contributed by atoms with E-state index in [2.05, 4.69) is 21.1 Å². The fraction of sp³-hybridized carbons (Fsp3) is 0.0714. The van der Waals surface area contributed by atoms with Crippen LogP contribution in [0.2, 0.25) is 0 Å². The van der Waals surface area contributed by atoms with E-state index in [4.69, 9.17) is 15.7 Å². The zero-order valence-electron chi connectivity index (χ0n) is 10.7. The number of hydrogen-bond donors (Lipinski definition) is 2. The number of hydrogen-bond acceptors (Lipinski definition) is 3. The molecule has 3 N–H and O–H groups in total. The third-order valence-electron chi connectivity index (χ3n) is 2.76. The smallest absolute Gasteiger partial charge is 0.173 e. The second-order valence-corrected chi connectivity index (χ2v) is 5.03. The van der Waals surface area contributed by atoms with Crippen LogP contribution in [0.25, 0.3) is 0 Å². The molecule has 0 aliphatic heterocycles. The zero-order valence-corrected chi connectivity index (χ0v) is 12.3. The maximum atomic E-state index is 13.5. The number of halogens is 3. The average Bonchev–Trinajstić information content (AvgIpc) is 2.47. The summed E-state index contributed by atoms with van der Waals surface area (Å²) in [6, 6.07) is 8.36. The molecule has 0 heterocycles. The number of amidine groups is 1. The molecule has 0 spiro atoms. The molecule has 0 radical (unpaired) electrons. The van der Waals surface area contributed by atoms with E-state index in [0.717, 1.165) is 12.1 Å². The molecule has 0 aliphatic carbocycles. The zero-order chi connectivity index (χ0) is 15.4. The van der Waals surface area contributed by atoms with Crippen molar-refractivity contribution in [3.05, 3.63) is 63.6 Å². The average molecular weight is 357 g/mol. The molecule has 0 amide bonds. The first kappa shape index (κ1) is 15.2. The highest BCUT2D eigenvalue weighted by Crippen LogP contribution is 2.25. The van der Waals surface area contributed by atoms with Gasteiger partial charge < -0.3 is 15.7 Å². The molecule has 0 saturated heterocycles. The van der Waals surface area contributed by atoms with Crippen molar-refractivity contribution in [3.8, 4) is 5.75 Å². The Bertz CT molecular complexity index is 672. The normalized spacial score (nSPS) is 11.5. The Kier molecular flexibility index (Phi) is 4.74. The summed E-state index contributed by atoms with van der Waals surface area (Å²) in [7, 11) is 0. The molecule has 0 aromatic heterocycles. The van der Waals surface area contributed by atoms with Gasteiger partial charge in [0.2, 0.25) is 0 Å². The van der Waals surface area contributed by atoms with E-state index in [1.54, 1.807) is 18.2 Å². The minimum Gasteiger partial charge on any atom is -0.488 e. The van der Waals surface area contributed by atoms with Gasteiger partial charge in [0.1, 0.15) is 24.0 Å². The minimum atomic E-state index is -0.697. The Labute approximate surface area is 128 Å². The number of nitrogens with zero attached hydrogens (tertiary/aromatic N) is 1. The van der Waals surface area contributed by atoms with Crippen molar-refractivity contribution < 1.29 is 18.7 Å². The van der Waals surface area contributed by atoms with Crippen LogP contribution in [-0.2, 0) is 6.61 Å². The quantitative estimate of drug-likeness (QED) is 0.381. The second-order valence-electron chi connectivity index (χ2n) is 4.11. The van der Waals surface area contributed by atoms with Crippen molar-refractivity contribution in [1.29, 1.82) is 0 Å². The lowest BCUT2D eigenvalue weighted by Gasteiger charge is -2.12. The van der Waals surface area contributed by atoms with Crippen molar-refractivity contribution in [3.63, 3.8) is 0 Å². The maximum absolute atomic E-state index is 13.5. The maximum Gasteiger partial charge on any atom is 0.173 e.